The first-order chi connectivity index (χ1) is 10.5. The van der Waals surface area contributed by atoms with E-state index in [1.54, 1.807) is 0 Å². The number of amides is 1. The minimum Gasteiger partial charge on any atom is -0.449 e. The van der Waals surface area contributed by atoms with Crippen LogP contribution in [0.25, 0.3) is 5.52 Å². The lowest BCUT2D eigenvalue weighted by atomic mass is 10.0. The van der Waals surface area contributed by atoms with Gasteiger partial charge in [-0.3, -0.25) is 5.32 Å². The molecule has 0 aliphatic heterocycles. The van der Waals surface area contributed by atoms with Crippen LogP contribution in [-0.4, -0.2) is 27.3 Å². The molecular formula is C16H24N4O2. The highest BCUT2D eigenvalue weighted by molar-refractivity contribution is 5.88. The van der Waals surface area contributed by atoms with E-state index in [0.29, 0.717) is 24.3 Å². The molecule has 1 amide bonds. The lowest BCUT2D eigenvalue weighted by Gasteiger charge is -2.11. The number of fused-ring (bicyclic) bond motifs is 1. The molecule has 120 valence electrons. The first-order valence-electron chi connectivity index (χ1n) is 7.79. The summed E-state index contributed by atoms with van der Waals surface area (Å²) in [7, 11) is 0. The molecule has 2 aromatic rings. The molecule has 6 nitrogen and oxygen atoms in total. The van der Waals surface area contributed by atoms with Crippen LogP contribution in [0.15, 0.2) is 18.5 Å². The van der Waals surface area contributed by atoms with Crippen molar-refractivity contribution < 1.29 is 9.53 Å². The third-order valence-electron chi connectivity index (χ3n) is 3.48. The molecule has 2 rings (SSSR count). The van der Waals surface area contributed by atoms with E-state index in [1.807, 2.05) is 30.5 Å². The van der Waals surface area contributed by atoms with Gasteiger partial charge in [0.15, 0.2) is 5.82 Å². The Kier molecular flexibility index (Phi) is 5.35. The second-order valence-electron chi connectivity index (χ2n) is 5.97. The molecule has 0 saturated heterocycles. The zero-order valence-corrected chi connectivity index (χ0v) is 13.7. The molecule has 0 radical (unpaired) electrons. The second-order valence-corrected chi connectivity index (χ2v) is 5.97. The van der Waals surface area contributed by atoms with Gasteiger partial charge in [0.2, 0.25) is 0 Å². The number of carbonyl (C=O) groups is 1. The van der Waals surface area contributed by atoms with Crippen molar-refractivity contribution >= 4 is 17.4 Å². The van der Waals surface area contributed by atoms with Gasteiger partial charge < -0.3 is 4.74 Å². The fraction of sp³-hybridized carbons (Fsp3) is 0.562. The molecule has 1 unspecified atom stereocenters. The summed E-state index contributed by atoms with van der Waals surface area (Å²) in [5, 5.41) is 6.99. The second kappa shape index (κ2) is 7.24. The minimum absolute atomic E-state index is 0.297. The number of nitrogens with zero attached hydrogens (tertiary/aromatic N) is 3. The summed E-state index contributed by atoms with van der Waals surface area (Å²) in [6.07, 6.45) is 3.17. The summed E-state index contributed by atoms with van der Waals surface area (Å²) in [6.45, 7) is 8.71. The lowest BCUT2D eigenvalue weighted by molar-refractivity contribution is 0.147. The Morgan fingerprint density at radius 1 is 1.36 bits per heavy atom. The van der Waals surface area contributed by atoms with Crippen LogP contribution in [0.5, 0.6) is 0 Å². The van der Waals surface area contributed by atoms with E-state index in [0.717, 1.165) is 24.1 Å². The number of aromatic nitrogens is 3. The zero-order chi connectivity index (χ0) is 16.1. The van der Waals surface area contributed by atoms with E-state index in [4.69, 9.17) is 4.74 Å². The predicted molar refractivity (Wildman–Crippen MR) is 86.1 cm³/mol. The van der Waals surface area contributed by atoms with E-state index in [1.165, 1.54) is 6.33 Å². The van der Waals surface area contributed by atoms with Crippen molar-refractivity contribution in [2.75, 3.05) is 11.9 Å². The van der Waals surface area contributed by atoms with Gasteiger partial charge in [0.25, 0.3) is 0 Å². The van der Waals surface area contributed by atoms with E-state index < -0.39 is 6.09 Å². The van der Waals surface area contributed by atoms with Crippen LogP contribution < -0.4 is 5.32 Å². The summed E-state index contributed by atoms with van der Waals surface area (Å²) in [6, 6.07) is 3.97. The van der Waals surface area contributed by atoms with Gasteiger partial charge in [-0.25, -0.2) is 14.3 Å². The first-order valence-corrected chi connectivity index (χ1v) is 7.79. The van der Waals surface area contributed by atoms with Crippen LogP contribution in [0, 0.1) is 5.92 Å². The monoisotopic (exact) mass is 304 g/mol. The number of nitrogens with one attached hydrogen (secondary N) is 1. The van der Waals surface area contributed by atoms with Crippen molar-refractivity contribution in [1.82, 2.24) is 14.6 Å². The van der Waals surface area contributed by atoms with Gasteiger partial charge in [-0.2, -0.15) is 5.10 Å². The van der Waals surface area contributed by atoms with Crippen LogP contribution in [0.3, 0.4) is 0 Å². The van der Waals surface area contributed by atoms with E-state index in [2.05, 4.69) is 29.2 Å². The summed E-state index contributed by atoms with van der Waals surface area (Å²) >= 11 is 0. The van der Waals surface area contributed by atoms with Crippen LogP contribution in [0.4, 0.5) is 10.6 Å². The number of hydrogen-bond acceptors (Lipinski definition) is 4. The molecule has 1 atom stereocenters. The molecule has 6 heteroatoms. The van der Waals surface area contributed by atoms with Gasteiger partial charge in [-0.05, 0) is 30.4 Å². The maximum absolute atomic E-state index is 11.8. The van der Waals surface area contributed by atoms with E-state index in [-0.39, 0.29) is 0 Å². The Balaban J connectivity index is 2.19. The third kappa shape index (κ3) is 3.75. The molecule has 0 spiro atoms. The number of rotatable bonds is 6. The SMILES string of the molecule is CCCC(C)c1ccc2c(NC(=O)OCC(C)C)ncnn12. The van der Waals surface area contributed by atoms with Crippen molar-refractivity contribution in [2.24, 2.45) is 5.92 Å². The molecule has 0 saturated carbocycles. The number of carbonyl (C=O) groups excluding carboxylic acids is 1. The highest BCUT2D eigenvalue weighted by Gasteiger charge is 2.15. The van der Waals surface area contributed by atoms with Crippen molar-refractivity contribution in [3.8, 4) is 0 Å². The van der Waals surface area contributed by atoms with Gasteiger partial charge in [-0.1, -0.05) is 34.1 Å². The molecule has 2 aromatic heterocycles. The number of hydrogen-bond donors (Lipinski definition) is 1. The molecule has 2 heterocycles. The molecule has 1 N–H and O–H groups in total. The van der Waals surface area contributed by atoms with E-state index >= 15 is 0 Å². The average Bonchev–Trinajstić information content (AvgIpc) is 2.90. The fourth-order valence-corrected chi connectivity index (χ4v) is 2.38. The first kappa shape index (κ1) is 16.3. The summed E-state index contributed by atoms with van der Waals surface area (Å²) in [5.74, 6) is 1.17. The molecule has 22 heavy (non-hydrogen) atoms. The zero-order valence-electron chi connectivity index (χ0n) is 13.7. The molecule has 0 aliphatic carbocycles. The standard InChI is InChI=1S/C16H24N4O2/c1-5-6-12(4)13-7-8-14-15(17-10-18-20(13)14)19-16(21)22-9-11(2)3/h7-8,10-12H,5-6,9H2,1-4H3,(H,17,18,19,21). The number of ether oxygens (including phenoxy) is 1. The molecule has 0 aromatic carbocycles. The Morgan fingerprint density at radius 3 is 2.82 bits per heavy atom. The van der Waals surface area contributed by atoms with Crippen molar-refractivity contribution in [3.05, 3.63) is 24.2 Å². The van der Waals surface area contributed by atoms with Crippen molar-refractivity contribution in [1.29, 1.82) is 0 Å². The highest BCUT2D eigenvalue weighted by atomic mass is 16.5. The van der Waals surface area contributed by atoms with E-state index in [9.17, 15) is 4.79 Å². The van der Waals surface area contributed by atoms with Crippen molar-refractivity contribution in [3.63, 3.8) is 0 Å². The molecule has 0 bridgehead atoms. The summed E-state index contributed by atoms with van der Waals surface area (Å²) in [4.78, 5) is 15.9. The van der Waals surface area contributed by atoms with Crippen LogP contribution >= 0.6 is 0 Å². The fourth-order valence-electron chi connectivity index (χ4n) is 2.38. The average molecular weight is 304 g/mol. The Bertz CT molecular complexity index is 636. The van der Waals surface area contributed by atoms with Gasteiger partial charge in [0.1, 0.15) is 11.8 Å². The predicted octanol–water partition coefficient (Wildman–Crippen LogP) is 3.84. The molecule has 0 aliphatic rings. The normalized spacial score (nSPS) is 12.6. The lowest BCUT2D eigenvalue weighted by Crippen LogP contribution is -2.18. The smallest absolute Gasteiger partial charge is 0.412 e. The topological polar surface area (TPSA) is 68.5 Å². The Morgan fingerprint density at radius 2 is 2.14 bits per heavy atom. The number of anilines is 1. The molecular weight excluding hydrogens is 280 g/mol. The van der Waals surface area contributed by atoms with Gasteiger partial charge in [0, 0.05) is 5.69 Å². The van der Waals surface area contributed by atoms with Crippen LogP contribution in [0.2, 0.25) is 0 Å². The maximum atomic E-state index is 11.8. The molecule has 0 fully saturated rings. The minimum atomic E-state index is -0.487. The van der Waals surface area contributed by atoms with Crippen molar-refractivity contribution in [2.45, 2.75) is 46.5 Å². The Labute approximate surface area is 130 Å². The van der Waals surface area contributed by atoms with Crippen LogP contribution in [-0.2, 0) is 4.74 Å². The largest absolute Gasteiger partial charge is 0.449 e. The summed E-state index contributed by atoms with van der Waals surface area (Å²) < 4.78 is 6.97. The highest BCUT2D eigenvalue weighted by Crippen LogP contribution is 2.24. The van der Waals surface area contributed by atoms with Gasteiger partial charge >= 0.3 is 6.09 Å². The third-order valence-corrected chi connectivity index (χ3v) is 3.48. The quantitative estimate of drug-likeness (QED) is 0.880. The summed E-state index contributed by atoms with van der Waals surface area (Å²) in [5.41, 5.74) is 1.90. The maximum Gasteiger partial charge on any atom is 0.412 e. The van der Waals surface area contributed by atoms with Gasteiger partial charge in [-0.15, -0.1) is 0 Å². The van der Waals surface area contributed by atoms with Gasteiger partial charge in [0.05, 0.1) is 6.61 Å². The Hall–Kier alpha value is -2.11. The van der Waals surface area contributed by atoms with Crippen LogP contribution in [0.1, 0.15) is 52.1 Å².